The molecule has 0 spiro atoms. The van der Waals surface area contributed by atoms with E-state index in [0.717, 1.165) is 12.5 Å². The predicted molar refractivity (Wildman–Crippen MR) is 95.4 cm³/mol. The first-order valence-electron chi connectivity index (χ1n) is 8.74. The summed E-state index contributed by atoms with van der Waals surface area (Å²) in [5.41, 5.74) is 6.59. The van der Waals surface area contributed by atoms with Crippen molar-refractivity contribution in [3.63, 3.8) is 0 Å². The highest BCUT2D eigenvalue weighted by Gasteiger charge is 2.68. The lowest BCUT2D eigenvalue weighted by atomic mass is 9.43. The first-order valence-corrected chi connectivity index (χ1v) is 8.74. The molecule has 2 N–H and O–H groups in total. The average Bonchev–Trinajstić information content (AvgIpc) is 2.86. The molecule has 4 aliphatic rings. The summed E-state index contributed by atoms with van der Waals surface area (Å²) in [6.07, 6.45) is 2.49. The molecule has 4 fully saturated rings. The highest BCUT2D eigenvalue weighted by Crippen LogP contribution is 2.65. The topological polar surface area (TPSA) is 44.5 Å². The van der Waals surface area contributed by atoms with Crippen LogP contribution in [0.4, 0.5) is 8.78 Å². The van der Waals surface area contributed by atoms with Gasteiger partial charge in [0.05, 0.1) is 11.7 Å². The fourth-order valence-electron chi connectivity index (χ4n) is 5.12. The smallest absolute Gasteiger partial charge is 0.404 e. The molecule has 7 heteroatoms. The minimum atomic E-state index is -0.585. The fourth-order valence-corrected chi connectivity index (χ4v) is 5.12. The van der Waals surface area contributed by atoms with Gasteiger partial charge in [0, 0.05) is 12.0 Å². The summed E-state index contributed by atoms with van der Waals surface area (Å²) in [5.74, 6) is -0.496. The van der Waals surface area contributed by atoms with Gasteiger partial charge >= 0.3 is 7.12 Å². The molecule has 5 rings (SSSR count). The van der Waals surface area contributed by atoms with Crippen LogP contribution < -0.4 is 5.73 Å². The highest BCUT2D eigenvalue weighted by molar-refractivity contribution is 6.47. The van der Waals surface area contributed by atoms with E-state index in [1.807, 2.05) is 0 Å². The van der Waals surface area contributed by atoms with Gasteiger partial charge in [0.1, 0.15) is 11.6 Å². The Labute approximate surface area is 154 Å². The minimum absolute atomic E-state index is 0. The van der Waals surface area contributed by atoms with E-state index in [2.05, 4.69) is 20.8 Å². The van der Waals surface area contributed by atoms with Crippen LogP contribution in [0.3, 0.4) is 0 Å². The van der Waals surface area contributed by atoms with Gasteiger partial charge in [-0.3, -0.25) is 0 Å². The van der Waals surface area contributed by atoms with Gasteiger partial charge in [-0.15, -0.1) is 12.4 Å². The Morgan fingerprint density at radius 2 is 2.00 bits per heavy atom. The number of hydrogen-bond acceptors (Lipinski definition) is 3. The van der Waals surface area contributed by atoms with Crippen LogP contribution in [-0.4, -0.2) is 24.8 Å². The molecule has 138 valence electrons. The van der Waals surface area contributed by atoms with Gasteiger partial charge in [-0.25, -0.2) is 8.78 Å². The first kappa shape index (κ1) is 19.1. The SMILES string of the molecule is CC1(C)[C@@H]2C[C@H]3OB(C(N)Cc4ccc(F)cc4F)O[C@@]3(C)[C@H]1C2.Cl. The summed E-state index contributed by atoms with van der Waals surface area (Å²) in [7, 11) is -0.542. The molecular formula is C18H25BClF2NO2. The van der Waals surface area contributed by atoms with Gasteiger partial charge in [0.2, 0.25) is 0 Å². The molecule has 1 saturated heterocycles. The van der Waals surface area contributed by atoms with Crippen LogP contribution in [0.15, 0.2) is 18.2 Å². The average molecular weight is 372 g/mol. The minimum Gasteiger partial charge on any atom is -0.404 e. The number of hydrogen-bond donors (Lipinski definition) is 1. The monoisotopic (exact) mass is 371 g/mol. The van der Waals surface area contributed by atoms with Gasteiger partial charge < -0.3 is 15.0 Å². The molecule has 0 amide bonds. The van der Waals surface area contributed by atoms with Crippen molar-refractivity contribution < 1.29 is 18.1 Å². The second-order valence-electron chi connectivity index (χ2n) is 8.44. The van der Waals surface area contributed by atoms with E-state index < -0.39 is 24.7 Å². The zero-order valence-electron chi connectivity index (χ0n) is 14.8. The summed E-state index contributed by atoms with van der Waals surface area (Å²) in [5, 5.41) is 0. The van der Waals surface area contributed by atoms with Crippen LogP contribution in [0.25, 0.3) is 0 Å². The van der Waals surface area contributed by atoms with Crippen molar-refractivity contribution >= 4 is 19.5 Å². The van der Waals surface area contributed by atoms with Crippen LogP contribution in [-0.2, 0) is 15.7 Å². The van der Waals surface area contributed by atoms with E-state index in [0.29, 0.717) is 17.4 Å². The van der Waals surface area contributed by atoms with E-state index in [-0.39, 0.29) is 35.9 Å². The summed E-state index contributed by atoms with van der Waals surface area (Å²) in [4.78, 5) is 0. The Morgan fingerprint density at radius 1 is 1.28 bits per heavy atom. The Hall–Kier alpha value is -0.685. The number of rotatable bonds is 3. The van der Waals surface area contributed by atoms with Crippen LogP contribution in [0.2, 0.25) is 0 Å². The Balaban J connectivity index is 0.00000182. The molecule has 1 unspecified atom stereocenters. The van der Waals surface area contributed by atoms with E-state index in [4.69, 9.17) is 15.0 Å². The second-order valence-corrected chi connectivity index (χ2v) is 8.44. The summed E-state index contributed by atoms with van der Waals surface area (Å²) in [6, 6.07) is 3.57. The molecule has 1 aromatic rings. The van der Waals surface area contributed by atoms with Crippen molar-refractivity contribution in [1.82, 2.24) is 0 Å². The Bertz CT molecular complexity index is 676. The summed E-state index contributed by atoms with van der Waals surface area (Å²) in [6.45, 7) is 6.74. The zero-order chi connectivity index (χ0) is 17.3. The third-order valence-corrected chi connectivity index (χ3v) is 6.79. The maximum absolute atomic E-state index is 13.9. The third-order valence-electron chi connectivity index (χ3n) is 6.79. The van der Waals surface area contributed by atoms with Crippen molar-refractivity contribution in [3.05, 3.63) is 35.4 Å². The number of benzene rings is 1. The zero-order valence-corrected chi connectivity index (χ0v) is 15.6. The maximum Gasteiger partial charge on any atom is 0.475 e. The fraction of sp³-hybridized carbons (Fsp3) is 0.667. The molecule has 0 aromatic heterocycles. The second kappa shape index (κ2) is 6.19. The van der Waals surface area contributed by atoms with E-state index in [9.17, 15) is 8.78 Å². The highest BCUT2D eigenvalue weighted by atomic mass is 35.5. The molecule has 5 atom stereocenters. The molecule has 3 nitrogen and oxygen atoms in total. The van der Waals surface area contributed by atoms with Crippen molar-refractivity contribution in [3.8, 4) is 0 Å². The van der Waals surface area contributed by atoms with Crippen molar-refractivity contribution in [2.75, 3.05) is 0 Å². The molecule has 3 aliphatic carbocycles. The Morgan fingerprint density at radius 3 is 2.64 bits per heavy atom. The Kier molecular flexibility index (Phi) is 4.72. The lowest BCUT2D eigenvalue weighted by molar-refractivity contribution is -0.199. The van der Waals surface area contributed by atoms with Crippen LogP contribution in [0.1, 0.15) is 39.2 Å². The van der Waals surface area contributed by atoms with E-state index in [1.54, 1.807) is 0 Å². The van der Waals surface area contributed by atoms with Gasteiger partial charge in [0.25, 0.3) is 0 Å². The van der Waals surface area contributed by atoms with E-state index in [1.165, 1.54) is 18.6 Å². The molecule has 3 saturated carbocycles. The van der Waals surface area contributed by atoms with Gasteiger partial charge in [-0.05, 0) is 55.1 Å². The summed E-state index contributed by atoms with van der Waals surface area (Å²) >= 11 is 0. The summed E-state index contributed by atoms with van der Waals surface area (Å²) < 4.78 is 39.3. The lowest BCUT2D eigenvalue weighted by Gasteiger charge is -2.64. The van der Waals surface area contributed by atoms with Gasteiger partial charge in [0.15, 0.2) is 0 Å². The number of nitrogens with two attached hydrogens (primary N) is 1. The van der Waals surface area contributed by atoms with Crippen LogP contribution >= 0.6 is 12.4 Å². The van der Waals surface area contributed by atoms with Crippen molar-refractivity contribution in [2.24, 2.45) is 23.0 Å². The molecule has 25 heavy (non-hydrogen) atoms. The van der Waals surface area contributed by atoms with Gasteiger partial charge in [-0.2, -0.15) is 0 Å². The number of halogens is 3. The van der Waals surface area contributed by atoms with Crippen molar-refractivity contribution in [2.45, 2.75) is 57.7 Å². The molecule has 0 radical (unpaired) electrons. The first-order chi connectivity index (χ1) is 11.2. The molecule has 1 aliphatic heterocycles. The van der Waals surface area contributed by atoms with Crippen LogP contribution in [0.5, 0.6) is 0 Å². The molecule has 1 aromatic carbocycles. The van der Waals surface area contributed by atoms with Crippen LogP contribution in [0, 0.1) is 28.9 Å². The quantitative estimate of drug-likeness (QED) is 0.827. The molecule has 2 bridgehead atoms. The van der Waals surface area contributed by atoms with E-state index >= 15 is 0 Å². The molecular weight excluding hydrogens is 346 g/mol. The van der Waals surface area contributed by atoms with Gasteiger partial charge in [-0.1, -0.05) is 19.9 Å². The molecule has 1 heterocycles. The lowest BCUT2D eigenvalue weighted by Crippen LogP contribution is -2.65. The third kappa shape index (κ3) is 2.82. The maximum atomic E-state index is 13.9. The predicted octanol–water partition coefficient (Wildman–Crippen LogP) is 3.52. The van der Waals surface area contributed by atoms with Crippen molar-refractivity contribution in [1.29, 1.82) is 0 Å². The largest absolute Gasteiger partial charge is 0.475 e. The normalized spacial score (nSPS) is 36.2. The standard InChI is InChI=1S/C18H24BF2NO2.ClH/c1-17(2)11-7-14(17)18(3)15(8-11)23-19(24-18)16(22)6-10-4-5-12(20)9-13(10)21;/h4-5,9,11,14-16H,6-8,22H2,1-3H3;1H/t11-,14-,15+,16?,18-;/m0./s1.